The van der Waals surface area contributed by atoms with Crippen molar-refractivity contribution >= 4 is 11.0 Å². The van der Waals surface area contributed by atoms with Gasteiger partial charge in [-0.15, -0.1) is 0 Å². The van der Waals surface area contributed by atoms with Gasteiger partial charge in [0.25, 0.3) is 0 Å². The van der Waals surface area contributed by atoms with E-state index in [2.05, 4.69) is 0 Å². The van der Waals surface area contributed by atoms with Crippen LogP contribution in [0.3, 0.4) is 0 Å². The van der Waals surface area contributed by atoms with Crippen molar-refractivity contribution in [2.24, 2.45) is 0 Å². The van der Waals surface area contributed by atoms with Crippen molar-refractivity contribution in [1.82, 2.24) is 0 Å². The molecule has 6 heteroatoms. The highest BCUT2D eigenvalue weighted by Gasteiger charge is 2.21. The monoisotopic (exact) mass is 396 g/mol. The maximum atomic E-state index is 12.2. The van der Waals surface area contributed by atoms with Gasteiger partial charge in [-0.1, -0.05) is 12.1 Å². The Kier molecular flexibility index (Phi) is 5.71. The van der Waals surface area contributed by atoms with Gasteiger partial charge in [0.2, 0.25) is 0 Å². The van der Waals surface area contributed by atoms with E-state index in [0.717, 1.165) is 42.2 Å². The van der Waals surface area contributed by atoms with Gasteiger partial charge in [0.05, 0.1) is 12.5 Å². The molecule has 0 amide bonds. The van der Waals surface area contributed by atoms with Gasteiger partial charge in [-0.2, -0.15) is 0 Å². The number of hydrogen-bond acceptors (Lipinski definition) is 6. The van der Waals surface area contributed by atoms with Crippen LogP contribution in [0.2, 0.25) is 0 Å². The van der Waals surface area contributed by atoms with E-state index in [0.29, 0.717) is 22.8 Å². The van der Waals surface area contributed by atoms with E-state index in [1.165, 1.54) is 0 Å². The number of methoxy groups -OCH3 is 1. The Bertz CT molecular complexity index is 1050. The predicted octanol–water partition coefficient (Wildman–Crippen LogP) is 3.50. The minimum absolute atomic E-state index is 0.0664. The number of ether oxygens (including phenoxy) is 3. The zero-order chi connectivity index (χ0) is 20.2. The highest BCUT2D eigenvalue weighted by Crippen LogP contribution is 2.33. The maximum absolute atomic E-state index is 12.2. The number of aliphatic hydroxyl groups excluding tert-OH is 1. The third kappa shape index (κ3) is 4.22. The van der Waals surface area contributed by atoms with Crippen molar-refractivity contribution in [3.63, 3.8) is 0 Å². The van der Waals surface area contributed by atoms with Crippen molar-refractivity contribution in [3.8, 4) is 17.2 Å². The molecule has 0 aliphatic heterocycles. The molecule has 1 aliphatic rings. The van der Waals surface area contributed by atoms with Crippen molar-refractivity contribution < 1.29 is 23.7 Å². The molecule has 4 rings (SSSR count). The normalized spacial score (nSPS) is 14.3. The molecule has 3 aromatic rings. The molecule has 0 saturated heterocycles. The first-order valence-electron chi connectivity index (χ1n) is 9.81. The van der Waals surface area contributed by atoms with Crippen LogP contribution in [-0.2, 0) is 12.8 Å². The van der Waals surface area contributed by atoms with Crippen molar-refractivity contribution in [3.05, 3.63) is 64.0 Å². The van der Waals surface area contributed by atoms with Gasteiger partial charge in [-0.3, -0.25) is 0 Å². The van der Waals surface area contributed by atoms with Crippen LogP contribution in [0.15, 0.2) is 51.7 Å². The molecule has 1 aliphatic carbocycles. The Balaban J connectivity index is 1.47. The van der Waals surface area contributed by atoms with E-state index < -0.39 is 6.10 Å². The lowest BCUT2D eigenvalue weighted by Gasteiger charge is -2.19. The predicted molar refractivity (Wildman–Crippen MR) is 109 cm³/mol. The van der Waals surface area contributed by atoms with E-state index in [-0.39, 0.29) is 18.8 Å². The first kappa shape index (κ1) is 19.3. The zero-order valence-electron chi connectivity index (χ0n) is 16.3. The highest BCUT2D eigenvalue weighted by atomic mass is 16.5. The molecule has 1 N–H and O–H groups in total. The third-order valence-electron chi connectivity index (χ3n) is 5.12. The number of benzene rings is 2. The molecule has 29 heavy (non-hydrogen) atoms. The van der Waals surface area contributed by atoms with Crippen molar-refractivity contribution in [2.75, 3.05) is 20.3 Å². The van der Waals surface area contributed by atoms with Crippen molar-refractivity contribution in [2.45, 2.75) is 31.8 Å². The van der Waals surface area contributed by atoms with Gasteiger partial charge in [-0.05, 0) is 55.5 Å². The standard InChI is InChI=1S/C23H24O6/c1-26-16-6-4-7-17(12-16)27-13-15(24)14-28-20-10-5-11-21-22(20)18-8-2-3-9-19(18)23(25)29-21/h4-7,10-12,15,24H,2-3,8-9,13-14H2,1H3. The molecule has 1 atom stereocenters. The molecule has 0 fully saturated rings. The van der Waals surface area contributed by atoms with Crippen LogP contribution in [0.25, 0.3) is 11.0 Å². The van der Waals surface area contributed by atoms with Gasteiger partial charge in [0.15, 0.2) is 0 Å². The minimum atomic E-state index is -0.817. The Labute approximate surface area is 168 Å². The van der Waals surface area contributed by atoms with Gasteiger partial charge in [0, 0.05) is 11.6 Å². The molecule has 1 unspecified atom stereocenters. The van der Waals surface area contributed by atoms with Crippen LogP contribution in [0.1, 0.15) is 24.0 Å². The summed E-state index contributed by atoms with van der Waals surface area (Å²) in [6, 6.07) is 12.6. The molecule has 152 valence electrons. The van der Waals surface area contributed by atoms with E-state index in [4.69, 9.17) is 18.6 Å². The van der Waals surface area contributed by atoms with E-state index >= 15 is 0 Å². The summed E-state index contributed by atoms with van der Waals surface area (Å²) >= 11 is 0. The Morgan fingerprint density at radius 1 is 1.00 bits per heavy atom. The van der Waals surface area contributed by atoms with Crippen LogP contribution in [-0.4, -0.2) is 31.5 Å². The summed E-state index contributed by atoms with van der Waals surface area (Å²) in [4.78, 5) is 12.2. The van der Waals surface area contributed by atoms with Gasteiger partial charge < -0.3 is 23.7 Å². The topological polar surface area (TPSA) is 78.1 Å². The summed E-state index contributed by atoms with van der Waals surface area (Å²) in [7, 11) is 1.59. The molecule has 6 nitrogen and oxygen atoms in total. The molecule has 0 bridgehead atoms. The van der Waals surface area contributed by atoms with E-state index in [1.54, 1.807) is 31.4 Å². The second-order valence-corrected chi connectivity index (χ2v) is 7.14. The van der Waals surface area contributed by atoms with Crippen LogP contribution >= 0.6 is 0 Å². The molecular weight excluding hydrogens is 372 g/mol. The molecule has 0 spiro atoms. The smallest absolute Gasteiger partial charge is 0.339 e. The molecule has 1 heterocycles. The van der Waals surface area contributed by atoms with Crippen LogP contribution in [0, 0.1) is 0 Å². The largest absolute Gasteiger partial charge is 0.497 e. The lowest BCUT2D eigenvalue weighted by molar-refractivity contribution is 0.0630. The maximum Gasteiger partial charge on any atom is 0.339 e. The number of aliphatic hydroxyl groups is 1. The first-order valence-corrected chi connectivity index (χ1v) is 9.81. The average molecular weight is 396 g/mol. The average Bonchev–Trinajstić information content (AvgIpc) is 2.76. The van der Waals surface area contributed by atoms with Crippen LogP contribution < -0.4 is 19.8 Å². The molecule has 0 radical (unpaired) electrons. The second-order valence-electron chi connectivity index (χ2n) is 7.14. The number of aryl methyl sites for hydroxylation is 1. The summed E-state index contributed by atoms with van der Waals surface area (Å²) in [6.45, 7) is 0.155. The molecule has 2 aromatic carbocycles. The summed E-state index contributed by atoms with van der Waals surface area (Å²) in [5.41, 5.74) is 2.04. The van der Waals surface area contributed by atoms with E-state index in [9.17, 15) is 9.90 Å². The van der Waals surface area contributed by atoms with Crippen LogP contribution in [0.5, 0.6) is 17.2 Å². The molecule has 1 aromatic heterocycles. The minimum Gasteiger partial charge on any atom is -0.497 e. The lowest BCUT2D eigenvalue weighted by Crippen LogP contribution is -2.25. The number of fused-ring (bicyclic) bond motifs is 3. The second kappa shape index (κ2) is 8.57. The summed E-state index contributed by atoms with van der Waals surface area (Å²) < 4.78 is 22.2. The first-order chi connectivity index (χ1) is 14.2. The fourth-order valence-electron chi connectivity index (χ4n) is 3.70. The summed E-state index contributed by atoms with van der Waals surface area (Å²) in [5, 5.41) is 11.1. The molecular formula is C23H24O6. The Morgan fingerprint density at radius 2 is 1.72 bits per heavy atom. The SMILES string of the molecule is COc1cccc(OCC(O)COc2cccc3oc(=O)c4c(c23)CCCC4)c1. The quantitative estimate of drug-likeness (QED) is 0.616. The van der Waals surface area contributed by atoms with Gasteiger partial charge >= 0.3 is 5.63 Å². The van der Waals surface area contributed by atoms with Crippen LogP contribution in [0.4, 0.5) is 0 Å². The summed E-state index contributed by atoms with van der Waals surface area (Å²) in [6.07, 6.45) is 2.78. The zero-order valence-corrected chi connectivity index (χ0v) is 16.3. The van der Waals surface area contributed by atoms with E-state index in [1.807, 2.05) is 18.2 Å². The fourth-order valence-corrected chi connectivity index (χ4v) is 3.70. The Hall–Kier alpha value is -2.99. The lowest BCUT2D eigenvalue weighted by atomic mass is 9.90. The van der Waals surface area contributed by atoms with Gasteiger partial charge in [-0.25, -0.2) is 4.79 Å². The number of hydrogen-bond donors (Lipinski definition) is 1. The van der Waals surface area contributed by atoms with Gasteiger partial charge in [0.1, 0.15) is 42.1 Å². The third-order valence-corrected chi connectivity index (χ3v) is 5.12. The summed E-state index contributed by atoms with van der Waals surface area (Å²) in [5.74, 6) is 1.92. The number of rotatable bonds is 7. The van der Waals surface area contributed by atoms with Crippen molar-refractivity contribution in [1.29, 1.82) is 0 Å². The fraction of sp³-hybridized carbons (Fsp3) is 0.348. The highest BCUT2D eigenvalue weighted by molar-refractivity contribution is 5.87. The Morgan fingerprint density at radius 3 is 2.55 bits per heavy atom. The molecule has 0 saturated carbocycles.